The highest BCUT2D eigenvalue weighted by Crippen LogP contribution is 2.41. The number of ether oxygens (including phenoxy) is 4. The summed E-state index contributed by atoms with van der Waals surface area (Å²) in [7, 11) is 6.26. The Hall–Kier alpha value is -4.21. The second-order valence-corrected chi connectivity index (χ2v) is 7.31. The number of benzene rings is 2. The van der Waals surface area contributed by atoms with Crippen molar-refractivity contribution in [2.75, 3.05) is 33.8 Å². The molecule has 1 amide bonds. The third-order valence-corrected chi connectivity index (χ3v) is 5.49. The zero-order valence-electron chi connectivity index (χ0n) is 19.0. The van der Waals surface area contributed by atoms with Crippen molar-refractivity contribution in [1.82, 2.24) is 14.8 Å². The first-order chi connectivity index (χ1) is 15.9. The summed E-state index contributed by atoms with van der Waals surface area (Å²) >= 11 is 0. The normalized spacial score (nSPS) is 14.9. The number of anilines is 1. The zero-order chi connectivity index (χ0) is 23.7. The van der Waals surface area contributed by atoms with Crippen LogP contribution in [0.5, 0.6) is 23.0 Å². The third kappa shape index (κ3) is 3.79. The van der Waals surface area contributed by atoms with Crippen LogP contribution in [-0.2, 0) is 4.79 Å². The molecule has 0 unspecified atom stereocenters. The van der Waals surface area contributed by atoms with Gasteiger partial charge in [0.05, 0.1) is 34.0 Å². The number of carbonyl (C=O) groups excluding carboxylic acids is 1. The van der Waals surface area contributed by atoms with Crippen LogP contribution in [-0.4, -0.2) is 49.1 Å². The van der Waals surface area contributed by atoms with Gasteiger partial charge < -0.3 is 30.0 Å². The predicted molar refractivity (Wildman–Crippen MR) is 122 cm³/mol. The first-order valence-corrected chi connectivity index (χ1v) is 10.1. The number of aromatic nitrogens is 3. The van der Waals surface area contributed by atoms with E-state index in [9.17, 15) is 4.79 Å². The van der Waals surface area contributed by atoms with Gasteiger partial charge in [-0.1, -0.05) is 0 Å². The molecule has 0 radical (unpaired) electrons. The van der Waals surface area contributed by atoms with Gasteiger partial charge in [-0.3, -0.25) is 4.79 Å². The minimum absolute atomic E-state index is 0.345. The van der Waals surface area contributed by atoms with Crippen molar-refractivity contribution in [3.63, 3.8) is 0 Å². The fourth-order valence-electron chi connectivity index (χ4n) is 3.91. The van der Waals surface area contributed by atoms with Gasteiger partial charge in [-0.15, -0.1) is 5.10 Å². The van der Waals surface area contributed by atoms with E-state index in [4.69, 9.17) is 29.8 Å². The number of hydrogen-bond acceptors (Lipinski definition) is 8. The molecule has 4 rings (SSSR count). The van der Waals surface area contributed by atoms with Crippen LogP contribution in [0, 0.1) is 0 Å². The van der Waals surface area contributed by atoms with Crippen molar-refractivity contribution in [2.45, 2.75) is 13.0 Å². The number of amides is 1. The van der Waals surface area contributed by atoms with Crippen LogP contribution in [0.2, 0.25) is 0 Å². The highest BCUT2D eigenvalue weighted by molar-refractivity contribution is 5.95. The maximum Gasteiger partial charge on any atom is 0.248 e. The van der Waals surface area contributed by atoms with E-state index in [-0.39, 0.29) is 0 Å². The number of nitrogens with two attached hydrogens (primary N) is 1. The number of nitrogens with zero attached hydrogens (tertiary/aromatic N) is 3. The molecular weight excluding hydrogens is 426 g/mol. The second kappa shape index (κ2) is 8.73. The Bertz CT molecular complexity index is 1250. The first-order valence-electron chi connectivity index (χ1n) is 10.1. The average molecular weight is 451 g/mol. The Balaban J connectivity index is 1.91. The summed E-state index contributed by atoms with van der Waals surface area (Å²) in [6.07, 6.45) is 0. The second-order valence-electron chi connectivity index (χ2n) is 7.31. The molecule has 0 fully saturated rings. The molecule has 1 aromatic heterocycles. The quantitative estimate of drug-likeness (QED) is 0.562. The summed E-state index contributed by atoms with van der Waals surface area (Å²) in [5.41, 5.74) is 8.09. The number of nitrogens with one attached hydrogen (secondary N) is 1. The van der Waals surface area contributed by atoms with Crippen LogP contribution in [0.25, 0.3) is 11.4 Å². The van der Waals surface area contributed by atoms with E-state index < -0.39 is 11.9 Å². The molecular formula is C23H25N5O5. The summed E-state index contributed by atoms with van der Waals surface area (Å²) in [6, 6.07) is 10.1. The Kier molecular flexibility index (Phi) is 5.82. The lowest BCUT2D eigenvalue weighted by molar-refractivity contribution is -0.115. The summed E-state index contributed by atoms with van der Waals surface area (Å²) in [4.78, 5) is 17.2. The van der Waals surface area contributed by atoms with Gasteiger partial charge in [0.1, 0.15) is 17.5 Å². The van der Waals surface area contributed by atoms with Gasteiger partial charge >= 0.3 is 0 Å². The van der Waals surface area contributed by atoms with E-state index in [0.717, 1.165) is 0 Å². The van der Waals surface area contributed by atoms with Crippen LogP contribution >= 0.6 is 0 Å². The molecule has 1 aliphatic rings. The van der Waals surface area contributed by atoms with Crippen LogP contribution in [0.4, 0.5) is 5.95 Å². The lowest BCUT2D eigenvalue weighted by Gasteiger charge is -2.28. The summed E-state index contributed by atoms with van der Waals surface area (Å²) in [5, 5.41) is 7.85. The number of carbonyl (C=O) groups is 1. The van der Waals surface area contributed by atoms with E-state index in [0.29, 0.717) is 57.2 Å². The van der Waals surface area contributed by atoms with Crippen molar-refractivity contribution in [3.05, 3.63) is 53.2 Å². The molecule has 1 aliphatic heterocycles. The molecule has 3 aromatic rings. The summed E-state index contributed by atoms with van der Waals surface area (Å²) in [6.45, 7) is 1.77. The number of methoxy groups -OCH3 is 4. The van der Waals surface area contributed by atoms with Crippen LogP contribution in [0.3, 0.4) is 0 Å². The topological polar surface area (TPSA) is 123 Å². The number of rotatable bonds is 7. The van der Waals surface area contributed by atoms with Gasteiger partial charge in [0.15, 0.2) is 17.3 Å². The molecule has 1 atom stereocenters. The van der Waals surface area contributed by atoms with Crippen LogP contribution in [0.1, 0.15) is 18.5 Å². The Morgan fingerprint density at radius 1 is 0.970 bits per heavy atom. The summed E-state index contributed by atoms with van der Waals surface area (Å²) < 4.78 is 23.3. The van der Waals surface area contributed by atoms with Gasteiger partial charge in [-0.25, -0.2) is 4.68 Å². The van der Waals surface area contributed by atoms with E-state index in [1.807, 2.05) is 6.07 Å². The van der Waals surface area contributed by atoms with Crippen molar-refractivity contribution in [3.8, 4) is 34.4 Å². The molecule has 2 aromatic carbocycles. The Morgan fingerprint density at radius 2 is 1.67 bits per heavy atom. The Morgan fingerprint density at radius 3 is 2.30 bits per heavy atom. The number of fused-ring (bicyclic) bond motifs is 1. The fourth-order valence-corrected chi connectivity index (χ4v) is 3.91. The van der Waals surface area contributed by atoms with Crippen molar-refractivity contribution in [2.24, 2.45) is 5.73 Å². The third-order valence-electron chi connectivity index (χ3n) is 5.49. The smallest absolute Gasteiger partial charge is 0.248 e. The molecule has 0 saturated heterocycles. The van der Waals surface area contributed by atoms with Gasteiger partial charge in [0.25, 0.3) is 0 Å². The van der Waals surface area contributed by atoms with E-state index >= 15 is 0 Å². The first kappa shape index (κ1) is 22.0. The Labute approximate surface area is 190 Å². The molecule has 10 heteroatoms. The van der Waals surface area contributed by atoms with E-state index in [2.05, 4.69) is 10.3 Å². The number of hydrogen-bond donors (Lipinski definition) is 2. The van der Waals surface area contributed by atoms with Gasteiger partial charge in [-0.2, -0.15) is 4.98 Å². The van der Waals surface area contributed by atoms with E-state index in [1.165, 1.54) is 0 Å². The SMILES string of the molecule is COc1ccc(OC)c([C@H]2C(C(N)=O)=C(C)Nc3nc(-c4ccc(OC)c(OC)c4)nn32)c1. The largest absolute Gasteiger partial charge is 0.497 e. The molecule has 33 heavy (non-hydrogen) atoms. The van der Waals surface area contributed by atoms with Crippen molar-refractivity contribution in [1.29, 1.82) is 0 Å². The highest BCUT2D eigenvalue weighted by Gasteiger charge is 2.35. The number of primary amides is 1. The van der Waals surface area contributed by atoms with Gasteiger partial charge in [0, 0.05) is 16.8 Å². The molecule has 0 saturated carbocycles. The molecule has 0 aliphatic carbocycles. The molecule has 2 heterocycles. The lowest BCUT2D eigenvalue weighted by Crippen LogP contribution is -2.32. The zero-order valence-corrected chi connectivity index (χ0v) is 19.0. The monoisotopic (exact) mass is 451 g/mol. The molecule has 3 N–H and O–H groups in total. The highest BCUT2D eigenvalue weighted by atomic mass is 16.5. The van der Waals surface area contributed by atoms with Crippen molar-refractivity contribution >= 4 is 11.9 Å². The molecule has 0 spiro atoms. The minimum Gasteiger partial charge on any atom is -0.497 e. The van der Waals surface area contributed by atoms with Crippen molar-refractivity contribution < 1.29 is 23.7 Å². The predicted octanol–water partition coefficient (Wildman–Crippen LogP) is 2.75. The number of allylic oxidation sites excluding steroid dienone is 1. The fraction of sp³-hybridized carbons (Fsp3) is 0.261. The van der Waals surface area contributed by atoms with Crippen LogP contribution in [0.15, 0.2) is 47.7 Å². The standard InChI is InChI=1S/C23H25N5O5/c1-12-19(21(24)29)20(15-11-14(30-2)7-9-16(15)31-3)28-23(25-12)26-22(27-28)13-6-8-17(32-4)18(10-13)33-5/h6-11,20H,1-5H3,(H2,24,29)(H,25,26,27)/t20-/m0/s1. The van der Waals surface area contributed by atoms with Crippen LogP contribution < -0.4 is 30.0 Å². The average Bonchev–Trinajstić information content (AvgIpc) is 3.25. The lowest BCUT2D eigenvalue weighted by atomic mass is 9.94. The summed E-state index contributed by atoms with van der Waals surface area (Å²) in [5.74, 6) is 2.62. The molecule has 10 nitrogen and oxygen atoms in total. The van der Waals surface area contributed by atoms with Gasteiger partial charge in [-0.05, 0) is 43.3 Å². The van der Waals surface area contributed by atoms with E-state index in [1.54, 1.807) is 70.4 Å². The maximum atomic E-state index is 12.5. The molecule has 0 bridgehead atoms. The maximum absolute atomic E-state index is 12.5. The molecule has 172 valence electrons. The minimum atomic E-state index is -0.676. The van der Waals surface area contributed by atoms with Gasteiger partial charge in [0.2, 0.25) is 11.9 Å².